The van der Waals surface area contributed by atoms with Crippen molar-refractivity contribution < 1.29 is 19.2 Å². The van der Waals surface area contributed by atoms with Crippen LogP contribution in [0.3, 0.4) is 0 Å². The van der Waals surface area contributed by atoms with E-state index in [0.717, 1.165) is 42.4 Å². The third-order valence-corrected chi connectivity index (χ3v) is 6.45. The summed E-state index contributed by atoms with van der Waals surface area (Å²) < 4.78 is 12.1. The zero-order chi connectivity index (χ0) is 26.6. The van der Waals surface area contributed by atoms with Crippen LogP contribution < -0.4 is 0 Å². The molecule has 0 unspecified atom stereocenters. The van der Waals surface area contributed by atoms with E-state index in [1.807, 2.05) is 54.6 Å². The topological polar surface area (TPSA) is 78.7 Å². The standard InChI is InChI=1S/C32H31NO5/c34-31(26-20-22-30(23-21-26)33(35)36)37-24-12-1-2-13-25-38-32(27-14-6-3-7-15-27,28-16-8-4-9-17-28)29-18-10-5-11-19-29/h3-11,14-23H,1-2,12-13,24-25H2. The van der Waals surface area contributed by atoms with E-state index in [2.05, 4.69) is 36.4 Å². The first-order valence-electron chi connectivity index (χ1n) is 12.8. The van der Waals surface area contributed by atoms with Gasteiger partial charge in [-0.05, 0) is 48.1 Å². The fourth-order valence-corrected chi connectivity index (χ4v) is 4.52. The largest absolute Gasteiger partial charge is 0.462 e. The van der Waals surface area contributed by atoms with Crippen molar-refractivity contribution in [1.29, 1.82) is 0 Å². The van der Waals surface area contributed by atoms with Crippen molar-refractivity contribution in [3.63, 3.8) is 0 Å². The summed E-state index contributed by atoms with van der Waals surface area (Å²) in [4.78, 5) is 22.4. The molecule has 6 nitrogen and oxygen atoms in total. The van der Waals surface area contributed by atoms with Crippen molar-refractivity contribution in [1.82, 2.24) is 0 Å². The molecule has 0 radical (unpaired) electrons. The van der Waals surface area contributed by atoms with Crippen LogP contribution in [-0.2, 0) is 15.1 Å². The number of nitro groups is 1. The lowest BCUT2D eigenvalue weighted by Gasteiger charge is -2.36. The molecule has 0 fully saturated rings. The molecule has 4 aromatic carbocycles. The summed E-state index contributed by atoms with van der Waals surface area (Å²) in [6.45, 7) is 0.875. The Morgan fingerprint density at radius 1 is 0.632 bits per heavy atom. The molecule has 0 atom stereocenters. The lowest BCUT2D eigenvalue weighted by atomic mass is 9.80. The van der Waals surface area contributed by atoms with Gasteiger partial charge in [-0.15, -0.1) is 0 Å². The molecule has 0 aliphatic heterocycles. The summed E-state index contributed by atoms with van der Waals surface area (Å²) in [6, 6.07) is 36.4. The lowest BCUT2D eigenvalue weighted by Crippen LogP contribution is -2.33. The maximum Gasteiger partial charge on any atom is 0.338 e. The van der Waals surface area contributed by atoms with Crippen LogP contribution in [0.4, 0.5) is 5.69 Å². The molecule has 194 valence electrons. The Bertz CT molecular complexity index is 1200. The van der Waals surface area contributed by atoms with Gasteiger partial charge in [-0.2, -0.15) is 0 Å². The summed E-state index contributed by atoms with van der Waals surface area (Å²) >= 11 is 0. The van der Waals surface area contributed by atoms with Gasteiger partial charge in [0.1, 0.15) is 5.60 Å². The Morgan fingerprint density at radius 2 is 1.08 bits per heavy atom. The van der Waals surface area contributed by atoms with E-state index in [1.54, 1.807) is 0 Å². The van der Waals surface area contributed by atoms with Crippen LogP contribution in [0.15, 0.2) is 115 Å². The first-order chi connectivity index (χ1) is 18.6. The highest BCUT2D eigenvalue weighted by molar-refractivity contribution is 5.89. The smallest absolute Gasteiger partial charge is 0.338 e. The molecule has 0 bridgehead atoms. The van der Waals surface area contributed by atoms with Gasteiger partial charge in [0.05, 0.1) is 17.1 Å². The number of ether oxygens (including phenoxy) is 2. The summed E-state index contributed by atoms with van der Waals surface area (Å²) in [7, 11) is 0. The SMILES string of the molecule is O=C(OCCCCCCOC(c1ccccc1)(c1ccccc1)c1ccccc1)c1ccc([N+](=O)[O-])cc1. The second-order valence-corrected chi connectivity index (χ2v) is 8.98. The van der Waals surface area contributed by atoms with Crippen LogP contribution in [-0.4, -0.2) is 24.1 Å². The van der Waals surface area contributed by atoms with Crippen LogP contribution >= 0.6 is 0 Å². The molecular weight excluding hydrogens is 478 g/mol. The van der Waals surface area contributed by atoms with E-state index < -0.39 is 16.5 Å². The van der Waals surface area contributed by atoms with E-state index >= 15 is 0 Å². The molecule has 4 rings (SSSR count). The Hall–Kier alpha value is -4.29. The lowest BCUT2D eigenvalue weighted by molar-refractivity contribution is -0.384. The molecular formula is C32H31NO5. The molecule has 6 heteroatoms. The molecule has 4 aromatic rings. The maximum absolute atomic E-state index is 12.2. The van der Waals surface area contributed by atoms with Crippen molar-refractivity contribution in [2.45, 2.75) is 31.3 Å². The molecule has 0 saturated heterocycles. The molecule has 0 amide bonds. The molecule has 0 aliphatic carbocycles. The summed E-state index contributed by atoms with van der Waals surface area (Å²) in [5.74, 6) is -0.471. The van der Waals surface area contributed by atoms with Crippen molar-refractivity contribution in [2.24, 2.45) is 0 Å². The normalized spacial score (nSPS) is 11.2. The van der Waals surface area contributed by atoms with Crippen LogP contribution in [0.25, 0.3) is 0 Å². The number of benzene rings is 4. The van der Waals surface area contributed by atoms with Gasteiger partial charge in [-0.1, -0.05) is 97.4 Å². The second kappa shape index (κ2) is 13.3. The zero-order valence-corrected chi connectivity index (χ0v) is 21.2. The number of rotatable bonds is 13. The number of carbonyl (C=O) groups excluding carboxylic acids is 1. The number of nitro benzene ring substituents is 1. The molecule has 38 heavy (non-hydrogen) atoms. The third-order valence-electron chi connectivity index (χ3n) is 6.45. The highest BCUT2D eigenvalue weighted by Crippen LogP contribution is 2.40. The first-order valence-corrected chi connectivity index (χ1v) is 12.8. The maximum atomic E-state index is 12.2. The Balaban J connectivity index is 1.32. The van der Waals surface area contributed by atoms with Gasteiger partial charge < -0.3 is 9.47 Å². The first kappa shape index (κ1) is 26.8. The third kappa shape index (κ3) is 6.52. The van der Waals surface area contributed by atoms with Crippen LogP contribution in [0.5, 0.6) is 0 Å². The van der Waals surface area contributed by atoms with Crippen molar-refractivity contribution in [3.8, 4) is 0 Å². The average Bonchev–Trinajstić information content (AvgIpc) is 2.98. The molecule has 0 aliphatic rings. The fourth-order valence-electron chi connectivity index (χ4n) is 4.52. The number of non-ortho nitro benzene ring substituents is 1. The van der Waals surface area contributed by atoms with E-state index in [0.29, 0.717) is 18.8 Å². The number of unbranched alkanes of at least 4 members (excludes halogenated alkanes) is 3. The highest BCUT2D eigenvalue weighted by Gasteiger charge is 2.37. The Kier molecular flexibility index (Phi) is 9.37. The van der Waals surface area contributed by atoms with Crippen molar-refractivity contribution in [3.05, 3.63) is 148 Å². The predicted octanol–water partition coefficient (Wildman–Crippen LogP) is 7.32. The van der Waals surface area contributed by atoms with Gasteiger partial charge in [0, 0.05) is 18.7 Å². The molecule has 0 heterocycles. The number of hydrogen-bond donors (Lipinski definition) is 0. The number of hydrogen-bond acceptors (Lipinski definition) is 5. The van der Waals surface area contributed by atoms with Gasteiger partial charge >= 0.3 is 5.97 Å². The summed E-state index contributed by atoms with van der Waals surface area (Å²) in [5, 5.41) is 10.8. The van der Waals surface area contributed by atoms with Gasteiger partial charge in [-0.25, -0.2) is 4.79 Å². The van der Waals surface area contributed by atoms with Gasteiger partial charge in [-0.3, -0.25) is 10.1 Å². The Labute approximate surface area is 223 Å². The van der Waals surface area contributed by atoms with E-state index in [1.165, 1.54) is 24.3 Å². The quantitative estimate of drug-likeness (QED) is 0.0620. The van der Waals surface area contributed by atoms with Gasteiger partial charge in [0.25, 0.3) is 5.69 Å². The minimum Gasteiger partial charge on any atom is -0.462 e. The van der Waals surface area contributed by atoms with E-state index in [-0.39, 0.29) is 5.69 Å². The minimum absolute atomic E-state index is 0.0559. The molecule has 0 saturated carbocycles. The Morgan fingerprint density at radius 3 is 1.53 bits per heavy atom. The van der Waals surface area contributed by atoms with Crippen LogP contribution in [0, 0.1) is 10.1 Å². The van der Waals surface area contributed by atoms with Crippen molar-refractivity contribution >= 4 is 11.7 Å². The van der Waals surface area contributed by atoms with E-state index in [9.17, 15) is 14.9 Å². The van der Waals surface area contributed by atoms with E-state index in [4.69, 9.17) is 9.47 Å². The van der Waals surface area contributed by atoms with Gasteiger partial charge in [0.15, 0.2) is 0 Å². The molecule has 0 N–H and O–H groups in total. The minimum atomic E-state index is -0.718. The molecule has 0 spiro atoms. The number of carbonyl (C=O) groups is 1. The van der Waals surface area contributed by atoms with Crippen LogP contribution in [0.2, 0.25) is 0 Å². The zero-order valence-electron chi connectivity index (χ0n) is 21.2. The predicted molar refractivity (Wildman–Crippen MR) is 147 cm³/mol. The average molecular weight is 510 g/mol. The van der Waals surface area contributed by atoms with Crippen LogP contribution in [0.1, 0.15) is 52.7 Å². The summed E-state index contributed by atoms with van der Waals surface area (Å²) in [6.07, 6.45) is 3.43. The second-order valence-electron chi connectivity index (χ2n) is 8.98. The number of esters is 1. The van der Waals surface area contributed by atoms with Gasteiger partial charge in [0.2, 0.25) is 0 Å². The highest BCUT2D eigenvalue weighted by atomic mass is 16.6. The van der Waals surface area contributed by atoms with Crippen molar-refractivity contribution in [2.75, 3.05) is 13.2 Å². The number of nitrogens with zero attached hydrogens (tertiary/aromatic N) is 1. The monoisotopic (exact) mass is 509 g/mol. The molecule has 0 aromatic heterocycles. The fraction of sp³-hybridized carbons (Fsp3) is 0.219. The summed E-state index contributed by atoms with van der Waals surface area (Å²) in [5.41, 5.74) is 2.77.